The van der Waals surface area contributed by atoms with Crippen LogP contribution in [0.5, 0.6) is 5.88 Å². The molecule has 1 amide bonds. The number of aromatic nitrogens is 4. The number of morpholine rings is 1. The van der Waals surface area contributed by atoms with Gasteiger partial charge in [0.05, 0.1) is 59.8 Å². The monoisotopic (exact) mass is 571 g/mol. The first-order chi connectivity index (χ1) is 18.8. The normalized spacial score (nSPS) is 17.6. The second kappa shape index (κ2) is 11.6. The number of hydrogen-bond donors (Lipinski definition) is 2. The first-order valence-electron chi connectivity index (χ1n) is 12.5. The lowest BCUT2D eigenvalue weighted by molar-refractivity contribution is 0.0828. The van der Waals surface area contributed by atoms with Crippen LogP contribution in [-0.2, 0) is 14.8 Å². The van der Waals surface area contributed by atoms with Crippen LogP contribution in [0, 0.1) is 0 Å². The number of likely N-dealkylation sites (N-methyl/N-ethyl adjacent to an activating group) is 1. The maximum Gasteiger partial charge on any atom is 0.281 e. The number of pyridine rings is 1. The van der Waals surface area contributed by atoms with E-state index in [1.165, 1.54) is 23.7 Å². The van der Waals surface area contributed by atoms with Crippen LogP contribution in [0.3, 0.4) is 0 Å². The van der Waals surface area contributed by atoms with Gasteiger partial charge in [-0.05, 0) is 38.0 Å². The summed E-state index contributed by atoms with van der Waals surface area (Å²) in [4.78, 5) is 33.4. The van der Waals surface area contributed by atoms with E-state index in [-0.39, 0.29) is 10.3 Å². The van der Waals surface area contributed by atoms with E-state index in [0.717, 1.165) is 5.70 Å². The molecule has 1 aliphatic carbocycles. The molecule has 1 atom stereocenters. The highest BCUT2D eigenvalue weighted by molar-refractivity contribution is 7.93. The average Bonchev–Trinajstić information content (AvgIpc) is 3.68. The summed E-state index contributed by atoms with van der Waals surface area (Å²) in [5.41, 5.74) is 2.29. The van der Waals surface area contributed by atoms with Gasteiger partial charge >= 0.3 is 0 Å². The zero-order valence-corrected chi connectivity index (χ0v) is 23.2. The van der Waals surface area contributed by atoms with Crippen LogP contribution in [0.2, 0.25) is 0 Å². The summed E-state index contributed by atoms with van der Waals surface area (Å²) in [5, 5.41) is 2.86. The summed E-state index contributed by atoms with van der Waals surface area (Å²) in [6, 6.07) is 2.55. The molecule has 0 radical (unpaired) electrons. The lowest BCUT2D eigenvalue weighted by Crippen LogP contribution is -2.34. The number of anilines is 1. The second-order valence-electron chi connectivity index (χ2n) is 9.10. The molecule has 0 bridgehead atoms. The first-order valence-corrected chi connectivity index (χ1v) is 14.9. The van der Waals surface area contributed by atoms with Gasteiger partial charge < -0.3 is 19.7 Å². The van der Waals surface area contributed by atoms with Gasteiger partial charge in [0.15, 0.2) is 5.01 Å². The van der Waals surface area contributed by atoms with E-state index < -0.39 is 22.0 Å². The van der Waals surface area contributed by atoms with Crippen LogP contribution >= 0.6 is 11.3 Å². The van der Waals surface area contributed by atoms with Crippen molar-refractivity contribution in [3.05, 3.63) is 59.4 Å². The molecule has 2 fully saturated rings. The third-order valence-corrected chi connectivity index (χ3v) is 9.02. The van der Waals surface area contributed by atoms with Gasteiger partial charge in [-0.25, -0.2) is 18.4 Å². The minimum Gasteiger partial charge on any atom is -0.477 e. The predicted octanol–water partition coefficient (Wildman–Crippen LogP) is 2.61. The largest absolute Gasteiger partial charge is 0.477 e. The number of hydrogen-bond acceptors (Lipinski definition) is 11. The van der Waals surface area contributed by atoms with Gasteiger partial charge in [0.1, 0.15) is 5.69 Å². The molecule has 3 aromatic rings. The molecule has 206 valence electrons. The fourth-order valence-electron chi connectivity index (χ4n) is 3.89. The van der Waals surface area contributed by atoms with Gasteiger partial charge in [0.2, 0.25) is 15.9 Å². The molecule has 2 aliphatic rings. The number of amides is 1. The molecule has 0 spiro atoms. The summed E-state index contributed by atoms with van der Waals surface area (Å²) in [7, 11) is -1.50. The molecule has 12 nitrogen and oxygen atoms in total. The zero-order chi connectivity index (χ0) is 27.4. The molecular formula is C25H29N7O5S2. The van der Waals surface area contributed by atoms with Crippen LogP contribution in [0.1, 0.15) is 41.3 Å². The zero-order valence-electron chi connectivity index (χ0n) is 21.5. The maximum atomic E-state index is 13.3. The summed E-state index contributed by atoms with van der Waals surface area (Å²) in [5.74, 6) is -0.0182. The second-order valence-corrected chi connectivity index (χ2v) is 12.1. The highest BCUT2D eigenvalue weighted by Crippen LogP contribution is 2.30. The Hall–Kier alpha value is -3.62. The number of sulfonamides is 1. The number of thiazole rings is 1. The van der Waals surface area contributed by atoms with Crippen molar-refractivity contribution in [1.82, 2.24) is 30.2 Å². The van der Waals surface area contributed by atoms with E-state index in [2.05, 4.69) is 30.0 Å². The van der Waals surface area contributed by atoms with Crippen LogP contribution in [-0.4, -0.2) is 77.8 Å². The smallest absolute Gasteiger partial charge is 0.281 e. The van der Waals surface area contributed by atoms with Crippen molar-refractivity contribution in [2.75, 3.05) is 38.1 Å². The Morgan fingerprint density at radius 3 is 2.92 bits per heavy atom. The number of ether oxygens (including phenoxy) is 2. The lowest BCUT2D eigenvalue weighted by Gasteiger charge is -2.29. The number of nitrogens with zero attached hydrogens (tertiary/aromatic N) is 5. The Kier molecular flexibility index (Phi) is 8.04. The predicted molar refractivity (Wildman–Crippen MR) is 146 cm³/mol. The topological polar surface area (TPSA) is 149 Å². The molecule has 2 N–H and O–H groups in total. The van der Waals surface area contributed by atoms with Gasteiger partial charge in [0.25, 0.3) is 5.91 Å². The van der Waals surface area contributed by atoms with Gasteiger partial charge in [-0.2, -0.15) is 0 Å². The Morgan fingerprint density at radius 1 is 1.31 bits per heavy atom. The Balaban J connectivity index is 1.40. The molecule has 3 aromatic heterocycles. The van der Waals surface area contributed by atoms with Crippen molar-refractivity contribution >= 4 is 33.0 Å². The summed E-state index contributed by atoms with van der Waals surface area (Å²) < 4.78 is 38.6. The third-order valence-electron chi connectivity index (χ3n) is 6.14. The lowest BCUT2D eigenvalue weighted by atomic mass is 10.1. The molecule has 4 heterocycles. The van der Waals surface area contributed by atoms with E-state index in [0.29, 0.717) is 67.0 Å². The van der Waals surface area contributed by atoms with E-state index in [1.807, 2.05) is 24.9 Å². The van der Waals surface area contributed by atoms with Crippen molar-refractivity contribution in [1.29, 1.82) is 0 Å². The summed E-state index contributed by atoms with van der Waals surface area (Å²) >= 11 is 1.18. The van der Waals surface area contributed by atoms with Crippen molar-refractivity contribution < 1.29 is 22.7 Å². The number of carbonyl (C=O) groups excluding carboxylic acids is 1. The molecule has 0 unspecified atom stereocenters. The average molecular weight is 572 g/mol. The standard InChI is InChI=1S/C25H29N7O5S2/c1-3-37-23-14-26-12-21(29-23)22-13-28-25(38-22)24(33)30-20(11-17-15-36-9-8-32(17)2)19-10-16(6-7-27-19)31-39(34,35)18-4-5-18/h6-7,10-14,18,20H,3-5,8-9,15H2,1-2H3,(H,27,31)(H,30,33)/b17-11+/t20-/m0/s1. The van der Waals surface area contributed by atoms with Gasteiger partial charge in [0, 0.05) is 31.7 Å². The van der Waals surface area contributed by atoms with Crippen LogP contribution in [0.4, 0.5) is 5.69 Å². The number of carbonyl (C=O) groups is 1. The highest BCUT2D eigenvalue weighted by atomic mass is 32.2. The van der Waals surface area contributed by atoms with Crippen molar-refractivity contribution in [2.45, 2.75) is 31.1 Å². The Bertz CT molecular complexity index is 1470. The van der Waals surface area contributed by atoms with Gasteiger partial charge in [-0.1, -0.05) is 0 Å². The first kappa shape index (κ1) is 27.0. The van der Waals surface area contributed by atoms with Gasteiger partial charge in [-0.15, -0.1) is 11.3 Å². The minimum atomic E-state index is -3.45. The fourth-order valence-corrected chi connectivity index (χ4v) is 6.05. The van der Waals surface area contributed by atoms with E-state index in [1.54, 1.807) is 24.5 Å². The van der Waals surface area contributed by atoms with E-state index in [9.17, 15) is 13.2 Å². The molecule has 0 aromatic carbocycles. The molecule has 14 heteroatoms. The number of rotatable bonds is 10. The third kappa shape index (κ3) is 6.69. The van der Waals surface area contributed by atoms with Gasteiger partial charge in [-0.3, -0.25) is 19.5 Å². The molecule has 39 heavy (non-hydrogen) atoms. The van der Waals surface area contributed by atoms with E-state index >= 15 is 0 Å². The Labute approximate surface area is 230 Å². The summed E-state index contributed by atoms with van der Waals surface area (Å²) in [6.45, 7) is 4.02. The molecule has 1 saturated carbocycles. The molecular weight excluding hydrogens is 542 g/mol. The van der Waals surface area contributed by atoms with Crippen LogP contribution in [0.15, 0.2) is 48.7 Å². The van der Waals surface area contributed by atoms with Crippen LogP contribution < -0.4 is 14.8 Å². The molecule has 5 rings (SSSR count). The molecule has 1 aliphatic heterocycles. The van der Waals surface area contributed by atoms with Crippen LogP contribution in [0.25, 0.3) is 10.6 Å². The fraction of sp³-hybridized carbons (Fsp3) is 0.400. The Morgan fingerprint density at radius 2 is 2.15 bits per heavy atom. The quantitative estimate of drug-likeness (QED) is 0.372. The maximum absolute atomic E-state index is 13.3. The SMILES string of the molecule is CCOc1cncc(-c2cnc(C(=O)N[C@@H](/C=C3\COCCN3C)c3cc(NS(=O)(=O)C4CC4)ccn3)s2)n1. The highest BCUT2D eigenvalue weighted by Gasteiger charge is 2.35. The van der Waals surface area contributed by atoms with Crippen molar-refractivity contribution in [3.63, 3.8) is 0 Å². The molecule has 1 saturated heterocycles. The summed E-state index contributed by atoms with van der Waals surface area (Å²) in [6.07, 6.45) is 9.37. The minimum absolute atomic E-state index is 0.232. The van der Waals surface area contributed by atoms with Crippen molar-refractivity contribution in [3.8, 4) is 16.5 Å². The van der Waals surface area contributed by atoms with Crippen molar-refractivity contribution in [2.24, 2.45) is 0 Å². The van der Waals surface area contributed by atoms with E-state index in [4.69, 9.17) is 9.47 Å². The number of nitrogens with one attached hydrogen (secondary N) is 2.